The fraction of sp³-hybridized carbons (Fsp3) is 0.778. The Kier molecular flexibility index (Phi) is 3.25. The van der Waals surface area contributed by atoms with Gasteiger partial charge in [0, 0.05) is 6.42 Å². The van der Waals surface area contributed by atoms with Crippen LogP contribution in [0.5, 0.6) is 0 Å². The summed E-state index contributed by atoms with van der Waals surface area (Å²) in [7, 11) is -0.958. The summed E-state index contributed by atoms with van der Waals surface area (Å²) in [5.74, 6) is 2.28. The van der Waals surface area contributed by atoms with E-state index < -0.39 is 9.84 Å². The molecule has 1 atom stereocenters. The molecule has 1 fully saturated rings. The van der Waals surface area contributed by atoms with Gasteiger partial charge in [0.25, 0.3) is 0 Å². The first-order chi connectivity index (χ1) is 7.59. The highest BCUT2D eigenvalue weighted by Crippen LogP contribution is 2.21. The standard InChI is InChI=1S/C9H16N4O2S/c1-10-5-9-11-8(12-13-9)4-7-2-3-16(14,15)6-7/h7,10H,2-6H2,1H3,(H,11,12,13). The maximum absolute atomic E-state index is 11.3. The van der Waals surface area contributed by atoms with Crippen LogP contribution >= 0.6 is 0 Å². The summed E-state index contributed by atoms with van der Waals surface area (Å²) < 4.78 is 22.6. The van der Waals surface area contributed by atoms with Gasteiger partial charge in [-0.25, -0.2) is 13.4 Å². The van der Waals surface area contributed by atoms with Crippen LogP contribution in [0.1, 0.15) is 18.1 Å². The summed E-state index contributed by atoms with van der Waals surface area (Å²) in [6.07, 6.45) is 1.39. The molecule has 1 aromatic rings. The van der Waals surface area contributed by atoms with Gasteiger partial charge in [-0.1, -0.05) is 0 Å². The summed E-state index contributed by atoms with van der Waals surface area (Å²) in [5, 5.41) is 9.88. The number of hydrogen-bond acceptors (Lipinski definition) is 5. The number of rotatable bonds is 4. The van der Waals surface area contributed by atoms with Crippen LogP contribution in [0.25, 0.3) is 0 Å². The van der Waals surface area contributed by atoms with E-state index in [0.717, 1.165) is 12.2 Å². The smallest absolute Gasteiger partial charge is 0.151 e. The molecule has 2 rings (SSSR count). The molecule has 7 heteroatoms. The Hall–Kier alpha value is -0.950. The van der Waals surface area contributed by atoms with Gasteiger partial charge in [0.1, 0.15) is 5.82 Å². The lowest BCUT2D eigenvalue weighted by Gasteiger charge is -2.02. The number of sulfone groups is 1. The van der Waals surface area contributed by atoms with Gasteiger partial charge in [0.05, 0.1) is 18.1 Å². The molecule has 0 spiro atoms. The van der Waals surface area contributed by atoms with Gasteiger partial charge in [-0.3, -0.25) is 5.10 Å². The zero-order chi connectivity index (χ0) is 11.6. The van der Waals surface area contributed by atoms with Crippen molar-refractivity contribution in [1.82, 2.24) is 20.5 Å². The van der Waals surface area contributed by atoms with Crippen LogP contribution in [0, 0.1) is 5.92 Å². The monoisotopic (exact) mass is 244 g/mol. The average Bonchev–Trinajstić information content (AvgIpc) is 2.75. The van der Waals surface area contributed by atoms with E-state index in [-0.39, 0.29) is 11.7 Å². The van der Waals surface area contributed by atoms with Gasteiger partial charge in [0.2, 0.25) is 0 Å². The average molecular weight is 244 g/mol. The molecule has 1 aliphatic heterocycles. The van der Waals surface area contributed by atoms with Crippen molar-refractivity contribution in [1.29, 1.82) is 0 Å². The van der Waals surface area contributed by atoms with Crippen LogP contribution in [0.15, 0.2) is 0 Å². The molecule has 2 N–H and O–H groups in total. The minimum Gasteiger partial charge on any atom is -0.313 e. The minimum absolute atomic E-state index is 0.184. The third-order valence-corrected chi connectivity index (χ3v) is 4.56. The normalized spacial score (nSPS) is 23.7. The van der Waals surface area contributed by atoms with E-state index in [1.165, 1.54) is 0 Å². The van der Waals surface area contributed by atoms with Crippen molar-refractivity contribution in [3.8, 4) is 0 Å². The van der Waals surface area contributed by atoms with Gasteiger partial charge in [-0.05, 0) is 19.4 Å². The van der Waals surface area contributed by atoms with Crippen molar-refractivity contribution in [3.63, 3.8) is 0 Å². The Morgan fingerprint density at radius 1 is 1.56 bits per heavy atom. The molecule has 0 radical (unpaired) electrons. The lowest BCUT2D eigenvalue weighted by molar-refractivity contribution is 0.569. The predicted octanol–water partition coefficient (Wildman–Crippen LogP) is -0.499. The van der Waals surface area contributed by atoms with Gasteiger partial charge < -0.3 is 5.32 Å². The third kappa shape index (κ3) is 2.79. The van der Waals surface area contributed by atoms with Crippen LogP contribution < -0.4 is 5.32 Å². The van der Waals surface area contributed by atoms with E-state index in [1.54, 1.807) is 0 Å². The molecule has 1 aliphatic rings. The molecule has 0 amide bonds. The number of aromatic nitrogens is 3. The molecule has 0 aliphatic carbocycles. The van der Waals surface area contributed by atoms with Crippen molar-refractivity contribution in [2.24, 2.45) is 5.92 Å². The van der Waals surface area contributed by atoms with E-state index in [2.05, 4.69) is 20.5 Å². The summed E-state index contributed by atoms with van der Waals surface area (Å²) in [4.78, 5) is 4.29. The zero-order valence-corrected chi connectivity index (χ0v) is 10.0. The van der Waals surface area contributed by atoms with E-state index in [0.29, 0.717) is 24.5 Å². The summed E-state index contributed by atoms with van der Waals surface area (Å²) >= 11 is 0. The highest BCUT2D eigenvalue weighted by atomic mass is 32.2. The maximum Gasteiger partial charge on any atom is 0.151 e. The molecule has 0 aromatic carbocycles. The van der Waals surface area contributed by atoms with E-state index >= 15 is 0 Å². The van der Waals surface area contributed by atoms with E-state index in [9.17, 15) is 8.42 Å². The first kappa shape index (κ1) is 11.5. The molecule has 1 aromatic heterocycles. The predicted molar refractivity (Wildman–Crippen MR) is 59.6 cm³/mol. The van der Waals surface area contributed by atoms with Crippen molar-refractivity contribution in [2.75, 3.05) is 18.6 Å². The Morgan fingerprint density at radius 2 is 2.38 bits per heavy atom. The van der Waals surface area contributed by atoms with Crippen LogP contribution in [0.2, 0.25) is 0 Å². The summed E-state index contributed by atoms with van der Waals surface area (Å²) in [6.45, 7) is 0.649. The molecule has 2 heterocycles. The zero-order valence-electron chi connectivity index (χ0n) is 9.23. The molecule has 1 unspecified atom stereocenters. The third-order valence-electron chi connectivity index (χ3n) is 2.72. The second-order valence-corrected chi connectivity index (χ2v) is 6.43. The molecule has 0 bridgehead atoms. The van der Waals surface area contributed by atoms with Crippen LogP contribution in [0.3, 0.4) is 0 Å². The van der Waals surface area contributed by atoms with E-state index in [1.807, 2.05) is 7.05 Å². The molecular weight excluding hydrogens is 228 g/mol. The molecule has 1 saturated heterocycles. The van der Waals surface area contributed by atoms with E-state index in [4.69, 9.17) is 0 Å². The Labute approximate surface area is 94.8 Å². The quantitative estimate of drug-likeness (QED) is 0.745. The van der Waals surface area contributed by atoms with Crippen molar-refractivity contribution < 1.29 is 8.42 Å². The summed E-state index contributed by atoms with van der Waals surface area (Å²) in [6, 6.07) is 0. The molecule has 16 heavy (non-hydrogen) atoms. The van der Waals surface area contributed by atoms with Crippen molar-refractivity contribution >= 4 is 9.84 Å². The fourth-order valence-electron chi connectivity index (χ4n) is 1.96. The Balaban J connectivity index is 1.94. The molecule has 6 nitrogen and oxygen atoms in total. The Bertz CT molecular complexity index is 454. The number of H-pyrrole nitrogens is 1. The van der Waals surface area contributed by atoms with Gasteiger partial charge in [-0.15, -0.1) is 0 Å². The number of nitrogens with one attached hydrogen (secondary N) is 2. The molecular formula is C9H16N4O2S. The van der Waals surface area contributed by atoms with Crippen LogP contribution in [-0.4, -0.2) is 42.2 Å². The SMILES string of the molecule is CNCc1nc(CC2CCS(=O)(=O)C2)n[nH]1. The van der Waals surface area contributed by atoms with Crippen LogP contribution in [0.4, 0.5) is 0 Å². The topological polar surface area (TPSA) is 87.7 Å². The number of aromatic amines is 1. The second-order valence-electron chi connectivity index (χ2n) is 4.20. The lowest BCUT2D eigenvalue weighted by Crippen LogP contribution is -2.09. The van der Waals surface area contributed by atoms with Gasteiger partial charge >= 0.3 is 0 Å². The van der Waals surface area contributed by atoms with Crippen molar-refractivity contribution in [3.05, 3.63) is 11.6 Å². The first-order valence-corrected chi connectivity index (χ1v) is 7.16. The van der Waals surface area contributed by atoms with Crippen LogP contribution in [-0.2, 0) is 22.8 Å². The highest BCUT2D eigenvalue weighted by molar-refractivity contribution is 7.91. The minimum atomic E-state index is -2.80. The Morgan fingerprint density at radius 3 is 3.00 bits per heavy atom. The highest BCUT2D eigenvalue weighted by Gasteiger charge is 2.28. The maximum atomic E-state index is 11.3. The number of hydrogen-bond donors (Lipinski definition) is 2. The van der Waals surface area contributed by atoms with Gasteiger partial charge in [0.15, 0.2) is 15.7 Å². The lowest BCUT2D eigenvalue weighted by atomic mass is 10.1. The number of nitrogens with zero attached hydrogens (tertiary/aromatic N) is 2. The summed E-state index contributed by atoms with van der Waals surface area (Å²) in [5.41, 5.74) is 0. The molecule has 0 saturated carbocycles. The van der Waals surface area contributed by atoms with Crippen molar-refractivity contribution in [2.45, 2.75) is 19.4 Å². The molecule has 90 valence electrons. The fourth-order valence-corrected chi connectivity index (χ4v) is 3.83. The van der Waals surface area contributed by atoms with Gasteiger partial charge in [-0.2, -0.15) is 5.10 Å². The first-order valence-electron chi connectivity index (χ1n) is 5.34. The second kappa shape index (κ2) is 4.50. The largest absolute Gasteiger partial charge is 0.313 e.